The lowest BCUT2D eigenvalue weighted by molar-refractivity contribution is 0.0692. The minimum absolute atomic E-state index is 0.340. The topological polar surface area (TPSA) is 67.2 Å². The van der Waals surface area contributed by atoms with Crippen LogP contribution < -0.4 is 5.32 Å². The van der Waals surface area contributed by atoms with Gasteiger partial charge in [0, 0.05) is 18.9 Å². The second-order valence-corrected chi connectivity index (χ2v) is 4.14. The summed E-state index contributed by atoms with van der Waals surface area (Å²) in [4.78, 5) is 10.7. The van der Waals surface area contributed by atoms with E-state index in [1.807, 2.05) is 6.92 Å². The van der Waals surface area contributed by atoms with Crippen LogP contribution >= 0.6 is 0 Å². The van der Waals surface area contributed by atoms with E-state index in [4.69, 9.17) is 5.11 Å². The molecule has 2 rings (SSSR count). The predicted octanol–water partition coefficient (Wildman–Crippen LogP) is 2.56. The largest absolute Gasteiger partial charge is 0.478 e. The number of anilines is 2. The molecule has 1 aromatic heterocycles. The zero-order valence-electron chi connectivity index (χ0n) is 10.6. The van der Waals surface area contributed by atoms with Crippen molar-refractivity contribution in [3.8, 4) is 0 Å². The Bertz CT molecular complexity index is 622. The van der Waals surface area contributed by atoms with Gasteiger partial charge in [-0.05, 0) is 24.6 Å². The Morgan fingerprint density at radius 3 is 2.84 bits per heavy atom. The Kier molecular flexibility index (Phi) is 3.50. The molecule has 0 atom stereocenters. The molecule has 0 spiro atoms. The molecule has 100 valence electrons. The summed E-state index contributed by atoms with van der Waals surface area (Å²) < 4.78 is 15.2. The normalized spacial score (nSPS) is 10.5. The number of carboxylic acid groups (broad SMARTS) is 1. The number of nitrogens with one attached hydrogen (secondary N) is 1. The molecular formula is C13H14FN3O2. The van der Waals surface area contributed by atoms with Gasteiger partial charge in [-0.1, -0.05) is 6.92 Å². The fourth-order valence-electron chi connectivity index (χ4n) is 1.82. The fraction of sp³-hybridized carbons (Fsp3) is 0.231. The Hall–Kier alpha value is -2.37. The third kappa shape index (κ3) is 2.73. The standard InChI is InChI=1S/C13H14FN3O2/c1-3-11-12(7-17(2)16-11)15-8-4-5-9(13(18)19)10(14)6-8/h4-7,15H,3H2,1-2H3,(H,18,19). The molecule has 6 heteroatoms. The van der Waals surface area contributed by atoms with Crippen LogP contribution in [0.15, 0.2) is 24.4 Å². The first-order chi connectivity index (χ1) is 9.01. The molecule has 0 aliphatic rings. The average molecular weight is 263 g/mol. The van der Waals surface area contributed by atoms with Crippen molar-refractivity contribution in [3.63, 3.8) is 0 Å². The molecule has 0 radical (unpaired) electrons. The molecule has 2 aromatic rings. The van der Waals surface area contributed by atoms with Gasteiger partial charge in [0.2, 0.25) is 0 Å². The van der Waals surface area contributed by atoms with E-state index in [2.05, 4.69) is 10.4 Å². The summed E-state index contributed by atoms with van der Waals surface area (Å²) in [5, 5.41) is 16.1. The molecule has 0 saturated heterocycles. The van der Waals surface area contributed by atoms with Crippen molar-refractivity contribution in [1.82, 2.24) is 9.78 Å². The lowest BCUT2D eigenvalue weighted by atomic mass is 10.2. The van der Waals surface area contributed by atoms with Crippen LogP contribution in [-0.4, -0.2) is 20.9 Å². The third-order valence-electron chi connectivity index (χ3n) is 2.72. The van der Waals surface area contributed by atoms with Crippen LogP contribution in [0.5, 0.6) is 0 Å². The van der Waals surface area contributed by atoms with Crippen LogP contribution in [0, 0.1) is 5.82 Å². The van der Waals surface area contributed by atoms with Crippen molar-refractivity contribution in [1.29, 1.82) is 0 Å². The van der Waals surface area contributed by atoms with Crippen molar-refractivity contribution < 1.29 is 14.3 Å². The molecule has 0 unspecified atom stereocenters. The van der Waals surface area contributed by atoms with E-state index in [1.165, 1.54) is 12.1 Å². The zero-order valence-corrected chi connectivity index (χ0v) is 10.6. The summed E-state index contributed by atoms with van der Waals surface area (Å²) in [5.74, 6) is -2.04. The van der Waals surface area contributed by atoms with Crippen LogP contribution in [0.1, 0.15) is 23.0 Å². The molecule has 0 fully saturated rings. The molecule has 1 heterocycles. The Morgan fingerprint density at radius 1 is 1.53 bits per heavy atom. The lowest BCUT2D eigenvalue weighted by Gasteiger charge is -2.06. The van der Waals surface area contributed by atoms with E-state index in [1.54, 1.807) is 17.9 Å². The average Bonchev–Trinajstić information content (AvgIpc) is 2.69. The van der Waals surface area contributed by atoms with Crippen LogP contribution in [-0.2, 0) is 13.5 Å². The van der Waals surface area contributed by atoms with Crippen molar-refractivity contribution in [2.75, 3.05) is 5.32 Å². The van der Waals surface area contributed by atoms with E-state index in [0.717, 1.165) is 23.9 Å². The Labute approximate surface area is 109 Å². The highest BCUT2D eigenvalue weighted by Crippen LogP contribution is 2.22. The number of benzene rings is 1. The van der Waals surface area contributed by atoms with Gasteiger partial charge >= 0.3 is 5.97 Å². The smallest absolute Gasteiger partial charge is 0.338 e. The van der Waals surface area contributed by atoms with E-state index < -0.39 is 11.8 Å². The van der Waals surface area contributed by atoms with Gasteiger partial charge in [0.1, 0.15) is 5.82 Å². The number of halogens is 1. The predicted molar refractivity (Wildman–Crippen MR) is 69.2 cm³/mol. The zero-order chi connectivity index (χ0) is 14.0. The summed E-state index contributed by atoms with van der Waals surface area (Å²) >= 11 is 0. The number of hydrogen-bond donors (Lipinski definition) is 2. The molecule has 1 aromatic carbocycles. The summed E-state index contributed by atoms with van der Waals surface area (Å²) in [6.45, 7) is 1.97. The summed E-state index contributed by atoms with van der Waals surface area (Å²) in [6.07, 6.45) is 2.54. The maximum absolute atomic E-state index is 13.5. The maximum Gasteiger partial charge on any atom is 0.338 e. The van der Waals surface area contributed by atoms with E-state index in [-0.39, 0.29) is 5.56 Å². The van der Waals surface area contributed by atoms with Gasteiger partial charge in [-0.15, -0.1) is 0 Å². The Morgan fingerprint density at radius 2 is 2.26 bits per heavy atom. The molecule has 0 saturated carbocycles. The Balaban J connectivity index is 2.28. The summed E-state index contributed by atoms with van der Waals surface area (Å²) in [5.41, 5.74) is 1.80. The van der Waals surface area contributed by atoms with Gasteiger partial charge in [0.15, 0.2) is 0 Å². The van der Waals surface area contributed by atoms with Crippen molar-refractivity contribution in [2.45, 2.75) is 13.3 Å². The monoisotopic (exact) mass is 263 g/mol. The quantitative estimate of drug-likeness (QED) is 0.889. The molecule has 19 heavy (non-hydrogen) atoms. The van der Waals surface area contributed by atoms with Crippen LogP contribution in [0.3, 0.4) is 0 Å². The maximum atomic E-state index is 13.5. The number of carbonyl (C=O) groups is 1. The van der Waals surface area contributed by atoms with Gasteiger partial charge in [0.25, 0.3) is 0 Å². The molecular weight excluding hydrogens is 249 g/mol. The van der Waals surface area contributed by atoms with Gasteiger partial charge in [-0.25, -0.2) is 9.18 Å². The van der Waals surface area contributed by atoms with Gasteiger partial charge in [-0.3, -0.25) is 4.68 Å². The lowest BCUT2D eigenvalue weighted by Crippen LogP contribution is -2.01. The van der Waals surface area contributed by atoms with E-state index >= 15 is 0 Å². The molecule has 0 amide bonds. The minimum atomic E-state index is -1.28. The summed E-state index contributed by atoms with van der Waals surface area (Å²) in [7, 11) is 1.80. The van der Waals surface area contributed by atoms with Gasteiger partial charge in [0.05, 0.1) is 16.9 Å². The highest BCUT2D eigenvalue weighted by Gasteiger charge is 2.11. The van der Waals surface area contributed by atoms with E-state index in [9.17, 15) is 9.18 Å². The molecule has 0 aliphatic heterocycles. The highest BCUT2D eigenvalue weighted by molar-refractivity contribution is 5.88. The first-order valence-electron chi connectivity index (χ1n) is 5.83. The SMILES string of the molecule is CCc1nn(C)cc1Nc1ccc(C(=O)O)c(F)c1. The fourth-order valence-corrected chi connectivity index (χ4v) is 1.82. The third-order valence-corrected chi connectivity index (χ3v) is 2.72. The van der Waals surface area contributed by atoms with Crippen LogP contribution in [0.2, 0.25) is 0 Å². The second-order valence-electron chi connectivity index (χ2n) is 4.14. The van der Waals surface area contributed by atoms with Crippen molar-refractivity contribution in [2.24, 2.45) is 7.05 Å². The molecule has 5 nitrogen and oxygen atoms in total. The molecule has 2 N–H and O–H groups in total. The van der Waals surface area contributed by atoms with Gasteiger partial charge in [-0.2, -0.15) is 5.10 Å². The highest BCUT2D eigenvalue weighted by atomic mass is 19.1. The number of rotatable bonds is 4. The van der Waals surface area contributed by atoms with E-state index in [0.29, 0.717) is 5.69 Å². The number of aromatic nitrogens is 2. The van der Waals surface area contributed by atoms with Crippen molar-refractivity contribution >= 4 is 17.3 Å². The molecule has 0 aliphatic carbocycles. The second kappa shape index (κ2) is 5.09. The van der Waals surface area contributed by atoms with Gasteiger partial charge < -0.3 is 10.4 Å². The van der Waals surface area contributed by atoms with Crippen molar-refractivity contribution in [3.05, 3.63) is 41.5 Å². The first kappa shape index (κ1) is 13.1. The minimum Gasteiger partial charge on any atom is -0.478 e. The van der Waals surface area contributed by atoms with Crippen LogP contribution in [0.25, 0.3) is 0 Å². The first-order valence-corrected chi connectivity index (χ1v) is 5.83. The molecule has 0 bridgehead atoms. The number of nitrogens with zero attached hydrogens (tertiary/aromatic N) is 2. The number of carboxylic acids is 1. The van der Waals surface area contributed by atoms with Crippen LogP contribution in [0.4, 0.5) is 15.8 Å². The number of aromatic carboxylic acids is 1. The number of aryl methyl sites for hydroxylation is 2. The summed E-state index contributed by atoms with van der Waals surface area (Å²) in [6, 6.07) is 3.93. The number of hydrogen-bond acceptors (Lipinski definition) is 3.